The molecule has 5 heteroatoms. The van der Waals surface area contributed by atoms with Crippen molar-refractivity contribution in [1.29, 1.82) is 0 Å². The number of aromatic nitrogens is 1. The molecule has 0 amide bonds. The van der Waals surface area contributed by atoms with Gasteiger partial charge < -0.3 is 4.74 Å². The van der Waals surface area contributed by atoms with Gasteiger partial charge >= 0.3 is 0 Å². The second-order valence-electron chi connectivity index (χ2n) is 3.65. The van der Waals surface area contributed by atoms with Crippen LogP contribution in [0, 0.1) is 5.82 Å². The quantitative estimate of drug-likeness (QED) is 0.784. The van der Waals surface area contributed by atoms with Gasteiger partial charge in [-0.25, -0.2) is 9.37 Å². The molecule has 1 aromatic heterocycles. The Bertz CT molecular complexity index is 548. The average molecular weight is 286 g/mol. The Labute approximate surface area is 114 Å². The highest BCUT2D eigenvalue weighted by Gasteiger charge is 2.05. The molecule has 94 valence electrons. The summed E-state index contributed by atoms with van der Waals surface area (Å²) >= 11 is 11.7. The summed E-state index contributed by atoms with van der Waals surface area (Å²) in [5.74, 6) is -0.289. The largest absolute Gasteiger partial charge is 0.370 e. The molecule has 0 saturated carbocycles. The molecule has 0 unspecified atom stereocenters. The lowest BCUT2D eigenvalue weighted by molar-refractivity contribution is 0.102. The van der Waals surface area contributed by atoms with E-state index in [0.717, 1.165) is 0 Å². The molecular formula is C13H10Cl2FNO. The van der Waals surface area contributed by atoms with Crippen molar-refractivity contribution >= 4 is 23.2 Å². The summed E-state index contributed by atoms with van der Waals surface area (Å²) in [6, 6.07) is 9.70. The summed E-state index contributed by atoms with van der Waals surface area (Å²) in [7, 11) is 0. The summed E-state index contributed by atoms with van der Waals surface area (Å²) < 4.78 is 18.7. The van der Waals surface area contributed by atoms with Gasteiger partial charge in [0.05, 0.1) is 23.9 Å². The van der Waals surface area contributed by atoms with Crippen molar-refractivity contribution in [3.63, 3.8) is 0 Å². The molecule has 0 spiro atoms. The van der Waals surface area contributed by atoms with E-state index < -0.39 is 0 Å². The van der Waals surface area contributed by atoms with E-state index in [2.05, 4.69) is 4.98 Å². The number of nitrogens with zero attached hydrogens (tertiary/aromatic N) is 1. The van der Waals surface area contributed by atoms with Crippen LogP contribution in [0.4, 0.5) is 4.39 Å². The molecule has 0 atom stereocenters. The van der Waals surface area contributed by atoms with Gasteiger partial charge in [0.15, 0.2) is 0 Å². The minimum absolute atomic E-state index is 0.164. The van der Waals surface area contributed by atoms with Crippen LogP contribution in [-0.2, 0) is 18.0 Å². The molecule has 0 aliphatic heterocycles. The zero-order chi connectivity index (χ0) is 13.0. The van der Waals surface area contributed by atoms with Crippen molar-refractivity contribution in [2.24, 2.45) is 0 Å². The summed E-state index contributed by atoms with van der Waals surface area (Å²) in [5.41, 5.74) is 1.04. The molecular weight excluding hydrogens is 276 g/mol. The van der Waals surface area contributed by atoms with Crippen LogP contribution in [0.1, 0.15) is 11.3 Å². The maximum Gasteiger partial charge on any atom is 0.129 e. The number of hydrogen-bond acceptors (Lipinski definition) is 2. The van der Waals surface area contributed by atoms with Gasteiger partial charge in [0.25, 0.3) is 0 Å². The van der Waals surface area contributed by atoms with Crippen LogP contribution in [0.2, 0.25) is 10.2 Å². The smallest absolute Gasteiger partial charge is 0.129 e. The van der Waals surface area contributed by atoms with Gasteiger partial charge in [0.2, 0.25) is 0 Å². The molecule has 0 bridgehead atoms. The lowest BCUT2D eigenvalue weighted by atomic mass is 10.2. The van der Waals surface area contributed by atoms with E-state index in [9.17, 15) is 4.39 Å². The highest BCUT2D eigenvalue weighted by atomic mass is 35.5. The van der Waals surface area contributed by atoms with Crippen molar-refractivity contribution in [2.75, 3.05) is 0 Å². The van der Waals surface area contributed by atoms with Crippen molar-refractivity contribution < 1.29 is 9.13 Å². The van der Waals surface area contributed by atoms with Crippen molar-refractivity contribution in [1.82, 2.24) is 4.98 Å². The SMILES string of the molecule is Fc1ccccc1COCc1nc(Cl)ccc1Cl. The molecule has 0 N–H and O–H groups in total. The lowest BCUT2D eigenvalue weighted by Gasteiger charge is -2.06. The number of halogens is 3. The van der Waals surface area contributed by atoms with Gasteiger partial charge in [-0.1, -0.05) is 41.4 Å². The Morgan fingerprint density at radius 2 is 1.83 bits per heavy atom. The number of pyridine rings is 1. The fraction of sp³-hybridized carbons (Fsp3) is 0.154. The fourth-order valence-corrected chi connectivity index (χ4v) is 1.76. The predicted octanol–water partition coefficient (Wildman–Crippen LogP) is 4.24. The molecule has 0 saturated heterocycles. The van der Waals surface area contributed by atoms with E-state index in [0.29, 0.717) is 21.4 Å². The second kappa shape index (κ2) is 6.14. The standard InChI is InChI=1S/C13H10Cl2FNO/c14-10-5-6-13(15)17-12(10)8-18-7-9-3-1-2-4-11(9)16/h1-6H,7-8H2. The van der Waals surface area contributed by atoms with Crippen LogP contribution in [0.3, 0.4) is 0 Å². The van der Waals surface area contributed by atoms with Crippen molar-refractivity contribution in [3.8, 4) is 0 Å². The number of hydrogen-bond donors (Lipinski definition) is 0. The summed E-state index contributed by atoms with van der Waals surface area (Å²) in [5, 5.41) is 0.830. The minimum atomic E-state index is -0.289. The molecule has 0 radical (unpaired) electrons. The van der Waals surface area contributed by atoms with Crippen LogP contribution >= 0.6 is 23.2 Å². The fourth-order valence-electron chi connectivity index (χ4n) is 1.43. The highest BCUT2D eigenvalue weighted by Crippen LogP contribution is 2.18. The van der Waals surface area contributed by atoms with Crippen LogP contribution in [0.15, 0.2) is 36.4 Å². The number of benzene rings is 1. The summed E-state index contributed by atoms with van der Waals surface area (Å²) in [4.78, 5) is 4.04. The zero-order valence-corrected chi connectivity index (χ0v) is 10.9. The van der Waals surface area contributed by atoms with Gasteiger partial charge in [-0.2, -0.15) is 0 Å². The molecule has 0 aliphatic rings. The second-order valence-corrected chi connectivity index (χ2v) is 4.44. The maximum absolute atomic E-state index is 13.3. The Morgan fingerprint density at radius 3 is 2.61 bits per heavy atom. The van der Waals surface area contributed by atoms with E-state index in [1.54, 1.807) is 30.3 Å². The number of ether oxygens (including phenoxy) is 1. The minimum Gasteiger partial charge on any atom is -0.370 e. The Balaban J connectivity index is 1.96. The first-order chi connectivity index (χ1) is 8.66. The third kappa shape index (κ3) is 3.42. The molecule has 2 rings (SSSR count). The van der Waals surface area contributed by atoms with Crippen molar-refractivity contribution in [2.45, 2.75) is 13.2 Å². The lowest BCUT2D eigenvalue weighted by Crippen LogP contribution is -1.99. The van der Waals surface area contributed by atoms with E-state index in [1.165, 1.54) is 6.07 Å². The molecule has 18 heavy (non-hydrogen) atoms. The normalized spacial score (nSPS) is 10.6. The first-order valence-corrected chi connectivity index (χ1v) is 6.04. The molecule has 1 aromatic carbocycles. The third-order valence-electron chi connectivity index (χ3n) is 2.34. The van der Waals surface area contributed by atoms with E-state index in [1.807, 2.05) is 0 Å². The van der Waals surface area contributed by atoms with Crippen LogP contribution in [0.5, 0.6) is 0 Å². The topological polar surface area (TPSA) is 22.1 Å². The highest BCUT2D eigenvalue weighted by molar-refractivity contribution is 6.32. The first kappa shape index (κ1) is 13.3. The van der Waals surface area contributed by atoms with Gasteiger partial charge in [-0.15, -0.1) is 0 Å². The summed E-state index contributed by atoms with van der Waals surface area (Å²) in [6.07, 6.45) is 0. The Hall–Kier alpha value is -1.16. The molecule has 0 aliphatic carbocycles. The van der Waals surface area contributed by atoms with Gasteiger partial charge in [-0.3, -0.25) is 0 Å². The van der Waals surface area contributed by atoms with E-state index >= 15 is 0 Å². The molecule has 2 nitrogen and oxygen atoms in total. The maximum atomic E-state index is 13.3. The monoisotopic (exact) mass is 285 g/mol. The van der Waals surface area contributed by atoms with Crippen LogP contribution in [0.25, 0.3) is 0 Å². The van der Waals surface area contributed by atoms with E-state index in [-0.39, 0.29) is 19.0 Å². The molecule has 2 aromatic rings. The zero-order valence-electron chi connectivity index (χ0n) is 9.37. The Morgan fingerprint density at radius 1 is 1.06 bits per heavy atom. The van der Waals surface area contributed by atoms with Crippen LogP contribution in [-0.4, -0.2) is 4.98 Å². The number of rotatable bonds is 4. The van der Waals surface area contributed by atoms with Crippen LogP contribution < -0.4 is 0 Å². The van der Waals surface area contributed by atoms with Crippen molar-refractivity contribution in [3.05, 3.63) is 63.6 Å². The average Bonchev–Trinajstić information content (AvgIpc) is 2.36. The van der Waals surface area contributed by atoms with E-state index in [4.69, 9.17) is 27.9 Å². The van der Waals surface area contributed by atoms with Gasteiger partial charge in [0.1, 0.15) is 11.0 Å². The molecule has 1 heterocycles. The molecule has 0 fully saturated rings. The van der Waals surface area contributed by atoms with Gasteiger partial charge in [0, 0.05) is 5.56 Å². The third-order valence-corrected chi connectivity index (χ3v) is 2.89. The van der Waals surface area contributed by atoms with Gasteiger partial charge in [-0.05, 0) is 18.2 Å². The Kier molecular flexibility index (Phi) is 4.53. The predicted molar refractivity (Wildman–Crippen MR) is 69.2 cm³/mol. The first-order valence-electron chi connectivity index (χ1n) is 5.29. The summed E-state index contributed by atoms with van der Waals surface area (Å²) in [6.45, 7) is 0.352.